The fourth-order valence-corrected chi connectivity index (χ4v) is 5.56. The third-order valence-electron chi connectivity index (χ3n) is 6.50. The van der Waals surface area contributed by atoms with E-state index < -0.39 is 47.3 Å². The summed E-state index contributed by atoms with van der Waals surface area (Å²) in [6, 6.07) is 4.33. The molecule has 1 N–H and O–H groups in total. The van der Waals surface area contributed by atoms with Crippen molar-refractivity contribution in [3.8, 4) is 10.4 Å². The van der Waals surface area contributed by atoms with E-state index in [-0.39, 0.29) is 11.3 Å². The number of aromatic nitrogens is 3. The molecule has 1 aromatic carbocycles. The summed E-state index contributed by atoms with van der Waals surface area (Å²) >= 11 is 6.95. The molecular weight excluding hydrogens is 503 g/mol. The Morgan fingerprint density at radius 2 is 1.83 bits per heavy atom. The maximum atomic E-state index is 14.2. The molecule has 35 heavy (non-hydrogen) atoms. The van der Waals surface area contributed by atoms with Crippen LogP contribution in [0.4, 0.5) is 18.9 Å². The molecule has 0 bridgehead atoms. The fraction of sp³-hybridized carbons (Fsp3) is 0.348. The van der Waals surface area contributed by atoms with E-state index >= 15 is 0 Å². The first kappa shape index (κ1) is 23.7. The number of halogens is 4. The van der Waals surface area contributed by atoms with Crippen molar-refractivity contribution in [3.05, 3.63) is 60.3 Å². The first-order valence-electron chi connectivity index (χ1n) is 10.8. The molecule has 2 amide bonds. The molecule has 0 aliphatic heterocycles. The first-order chi connectivity index (χ1) is 16.8. The van der Waals surface area contributed by atoms with E-state index in [2.05, 4.69) is 20.3 Å². The van der Waals surface area contributed by atoms with Crippen LogP contribution in [-0.2, 0) is 9.59 Å². The van der Waals surface area contributed by atoms with E-state index in [0.29, 0.717) is 12.8 Å². The minimum absolute atomic E-state index is 0.180. The summed E-state index contributed by atoms with van der Waals surface area (Å²) in [4.78, 5) is 40.1. The molecule has 0 radical (unpaired) electrons. The summed E-state index contributed by atoms with van der Waals surface area (Å²) < 4.78 is 42.1. The number of thiazole rings is 1. The molecule has 3 unspecified atom stereocenters. The van der Waals surface area contributed by atoms with E-state index in [1.165, 1.54) is 30.1 Å². The molecular formula is C23H19ClF3N5O2S. The summed E-state index contributed by atoms with van der Waals surface area (Å²) in [5.41, 5.74) is 0.409. The molecule has 3 aromatic rings. The number of rotatable bonds is 7. The lowest BCUT2D eigenvalue weighted by Crippen LogP contribution is -2.49. The number of alkyl halides is 4. The standard InChI is InChI=1S/C23H19ClF3N5O2S/c24-20(25)22(34)32(14-3-1-12(2-4-14)17-9-30-11-35-17)19(13-7-28-10-29-8-13)21(33)31-16-6-5-15-18(16)23(15,26)27/h1-4,7-11,15-16,18-20H,5-6H2,(H,31,33)/t15?,16-,18?,19?,20-/m0/s1. The second kappa shape index (κ2) is 9.19. The smallest absolute Gasteiger partial charge is 0.278 e. The fourth-order valence-electron chi connectivity index (χ4n) is 4.82. The molecule has 0 saturated heterocycles. The molecule has 0 spiro atoms. The minimum atomic E-state index is -2.82. The highest BCUT2D eigenvalue weighted by Crippen LogP contribution is 2.64. The van der Waals surface area contributed by atoms with Crippen molar-refractivity contribution < 1.29 is 22.8 Å². The Hall–Kier alpha value is -3.05. The summed E-state index contributed by atoms with van der Waals surface area (Å²) in [7, 11) is 0. The van der Waals surface area contributed by atoms with E-state index in [4.69, 9.17) is 11.6 Å². The van der Waals surface area contributed by atoms with Crippen LogP contribution in [0.2, 0.25) is 0 Å². The predicted molar refractivity (Wildman–Crippen MR) is 124 cm³/mol. The van der Waals surface area contributed by atoms with Crippen molar-refractivity contribution in [1.82, 2.24) is 20.3 Å². The van der Waals surface area contributed by atoms with Gasteiger partial charge in [-0.25, -0.2) is 23.1 Å². The van der Waals surface area contributed by atoms with Crippen molar-refractivity contribution in [2.75, 3.05) is 4.90 Å². The number of carbonyl (C=O) groups excluding carboxylic acids is 2. The first-order valence-corrected chi connectivity index (χ1v) is 12.1. The molecule has 2 aliphatic rings. The number of benzene rings is 1. The number of amides is 2. The molecule has 7 nitrogen and oxygen atoms in total. The molecule has 2 fully saturated rings. The zero-order valence-corrected chi connectivity index (χ0v) is 19.6. The average Bonchev–Trinajstić information content (AvgIpc) is 3.29. The molecule has 2 aromatic heterocycles. The predicted octanol–water partition coefficient (Wildman–Crippen LogP) is 4.37. The lowest BCUT2D eigenvalue weighted by Gasteiger charge is -2.32. The van der Waals surface area contributed by atoms with Crippen LogP contribution in [0.1, 0.15) is 24.4 Å². The third-order valence-corrected chi connectivity index (χ3v) is 7.51. The Morgan fingerprint density at radius 3 is 2.40 bits per heavy atom. The molecule has 2 heterocycles. The van der Waals surface area contributed by atoms with Gasteiger partial charge in [-0.3, -0.25) is 19.5 Å². The Bertz CT molecular complexity index is 1210. The number of nitrogens with zero attached hydrogens (tertiary/aromatic N) is 4. The normalized spacial score (nSPS) is 23.7. The monoisotopic (exact) mass is 521 g/mol. The Balaban J connectivity index is 1.50. The van der Waals surface area contributed by atoms with Crippen LogP contribution in [0.15, 0.2) is 54.7 Å². The highest BCUT2D eigenvalue weighted by molar-refractivity contribution is 7.13. The van der Waals surface area contributed by atoms with Gasteiger partial charge in [-0.15, -0.1) is 11.3 Å². The van der Waals surface area contributed by atoms with Crippen LogP contribution >= 0.6 is 22.9 Å². The second-order valence-electron chi connectivity index (χ2n) is 8.50. The van der Waals surface area contributed by atoms with Crippen molar-refractivity contribution >= 4 is 40.4 Å². The Morgan fingerprint density at radius 1 is 1.11 bits per heavy atom. The highest BCUT2D eigenvalue weighted by Gasteiger charge is 2.73. The minimum Gasteiger partial charge on any atom is -0.351 e. The van der Waals surface area contributed by atoms with Crippen LogP contribution in [0.25, 0.3) is 10.4 Å². The van der Waals surface area contributed by atoms with Crippen LogP contribution in [0.5, 0.6) is 0 Å². The molecule has 2 aliphatic carbocycles. The largest absolute Gasteiger partial charge is 0.351 e. The Kier molecular flexibility index (Phi) is 6.22. The average molecular weight is 522 g/mol. The van der Waals surface area contributed by atoms with Crippen molar-refractivity contribution in [3.63, 3.8) is 0 Å². The van der Waals surface area contributed by atoms with Gasteiger partial charge in [0.15, 0.2) is 0 Å². The van der Waals surface area contributed by atoms with Crippen molar-refractivity contribution in [1.29, 1.82) is 0 Å². The topological polar surface area (TPSA) is 88.1 Å². The van der Waals surface area contributed by atoms with E-state index in [9.17, 15) is 22.8 Å². The number of carbonyl (C=O) groups is 2. The van der Waals surface area contributed by atoms with Gasteiger partial charge in [-0.1, -0.05) is 23.7 Å². The van der Waals surface area contributed by atoms with Crippen LogP contribution < -0.4 is 10.2 Å². The van der Waals surface area contributed by atoms with Gasteiger partial charge in [0.2, 0.25) is 5.91 Å². The number of hydrogen-bond acceptors (Lipinski definition) is 6. The van der Waals surface area contributed by atoms with Gasteiger partial charge in [0.05, 0.1) is 16.3 Å². The molecule has 182 valence electrons. The van der Waals surface area contributed by atoms with Gasteiger partial charge in [0.25, 0.3) is 17.5 Å². The number of anilines is 1. The molecule has 12 heteroatoms. The maximum Gasteiger partial charge on any atom is 0.278 e. The van der Waals surface area contributed by atoms with Gasteiger partial charge < -0.3 is 5.32 Å². The van der Waals surface area contributed by atoms with E-state index in [1.807, 2.05) is 0 Å². The SMILES string of the molecule is O=C(N[C@H]1CCC2C1C2(F)F)C(c1cncnc1)N(C(=O)[C@H](F)Cl)c1ccc(-c2cncs2)cc1. The molecule has 2 saturated carbocycles. The maximum absolute atomic E-state index is 14.2. The quantitative estimate of drug-likeness (QED) is 0.466. The Labute approximate surface area is 207 Å². The van der Waals surface area contributed by atoms with E-state index in [0.717, 1.165) is 15.3 Å². The van der Waals surface area contributed by atoms with Crippen LogP contribution in [0, 0.1) is 11.8 Å². The van der Waals surface area contributed by atoms with Crippen molar-refractivity contribution in [2.45, 2.75) is 36.5 Å². The van der Waals surface area contributed by atoms with Gasteiger partial charge in [0.1, 0.15) is 12.4 Å². The number of hydrogen-bond donors (Lipinski definition) is 1. The lowest BCUT2D eigenvalue weighted by atomic mass is 10.0. The molecule has 5 rings (SSSR count). The lowest BCUT2D eigenvalue weighted by molar-refractivity contribution is -0.128. The summed E-state index contributed by atoms with van der Waals surface area (Å²) in [6.07, 6.45) is 6.24. The van der Waals surface area contributed by atoms with E-state index in [1.54, 1.807) is 36.0 Å². The number of nitrogens with one attached hydrogen (secondary N) is 1. The summed E-state index contributed by atoms with van der Waals surface area (Å²) in [5.74, 6) is -6.43. The summed E-state index contributed by atoms with van der Waals surface area (Å²) in [5, 5.41) is 2.66. The highest BCUT2D eigenvalue weighted by atomic mass is 35.5. The zero-order chi connectivity index (χ0) is 24.7. The molecule has 5 atom stereocenters. The third kappa shape index (κ3) is 4.38. The van der Waals surface area contributed by atoms with Crippen molar-refractivity contribution in [2.24, 2.45) is 11.8 Å². The van der Waals surface area contributed by atoms with Gasteiger partial charge in [-0.2, -0.15) is 0 Å². The van der Waals surface area contributed by atoms with Gasteiger partial charge >= 0.3 is 0 Å². The summed E-state index contributed by atoms with van der Waals surface area (Å²) in [6.45, 7) is 0. The van der Waals surface area contributed by atoms with Crippen LogP contribution in [-0.4, -0.2) is 44.4 Å². The second-order valence-corrected chi connectivity index (χ2v) is 9.76. The van der Waals surface area contributed by atoms with Crippen LogP contribution in [0.3, 0.4) is 0 Å². The number of fused-ring (bicyclic) bond motifs is 1. The zero-order valence-electron chi connectivity index (χ0n) is 18.0. The van der Waals surface area contributed by atoms with Gasteiger partial charge in [0, 0.05) is 41.8 Å². The van der Waals surface area contributed by atoms with Gasteiger partial charge in [-0.05, 0) is 30.5 Å².